The predicted octanol–water partition coefficient (Wildman–Crippen LogP) is 6.97. The number of nitrogens with zero attached hydrogens (tertiary/aromatic N) is 5. The molecule has 2 saturated heterocycles. The molecular weight excluding hydrogens is 793 g/mol. The van der Waals surface area contributed by atoms with Gasteiger partial charge in [-0.1, -0.05) is 59.0 Å². The molecule has 60 heavy (non-hydrogen) atoms. The minimum absolute atomic E-state index is 0.144. The van der Waals surface area contributed by atoms with E-state index in [1.54, 1.807) is 26.2 Å². The minimum Gasteiger partial charge on any atom is -0.453 e. The number of imidazole rings is 2. The summed E-state index contributed by atoms with van der Waals surface area (Å²) in [5, 5.41) is 6.86. The van der Waals surface area contributed by atoms with E-state index < -0.39 is 63.2 Å². The Balaban J connectivity index is 1.11. The van der Waals surface area contributed by atoms with Gasteiger partial charge in [0.1, 0.15) is 23.7 Å². The molecule has 5 heterocycles. The van der Waals surface area contributed by atoms with E-state index in [1.165, 1.54) is 14.2 Å². The lowest BCUT2D eigenvalue weighted by Gasteiger charge is -2.30. The summed E-state index contributed by atoms with van der Waals surface area (Å²) in [5.41, 5.74) is 4.36. The molecule has 2 fully saturated rings. The molecule has 4 atom stereocenters. The molecule has 318 valence electrons. The summed E-state index contributed by atoms with van der Waals surface area (Å²) in [5.74, 6) is -3.55. The third kappa shape index (κ3) is 8.42. The van der Waals surface area contributed by atoms with Gasteiger partial charge in [-0.2, -0.15) is 0 Å². The standard InChI is InChI=1S/C42H51F2N9O6Si/c1-22(2)33(50-40(56)58-5)38(54)52-20-42(43,44)16-31(52)37-47-29-14-10-24-15-25(9-12-27(24)35(29)49-37)28-13-11-26(17-45-28)30-18-46-36(48-30)32-19-60(7,8)21-53(32)39(55)34(23(3)4)51-41(57)59-6/h9-15,17-18,22-23,31-34H,16,19-21H2,1-8H3,(H,46,48)(H,47,49)(H,50,56)(H,51,57)/t31-,32-,33-,34-/m0/s1. The van der Waals surface area contributed by atoms with Gasteiger partial charge in [0.2, 0.25) is 11.8 Å². The second kappa shape index (κ2) is 16.3. The maximum absolute atomic E-state index is 15.0. The van der Waals surface area contributed by atoms with Crippen LogP contribution in [-0.2, 0) is 19.1 Å². The van der Waals surface area contributed by atoms with E-state index in [4.69, 9.17) is 19.7 Å². The zero-order valence-corrected chi connectivity index (χ0v) is 35.9. The highest BCUT2D eigenvalue weighted by molar-refractivity contribution is 6.78. The number of methoxy groups -OCH3 is 2. The van der Waals surface area contributed by atoms with Gasteiger partial charge >= 0.3 is 12.2 Å². The van der Waals surface area contributed by atoms with Crippen molar-refractivity contribution >= 4 is 53.9 Å². The van der Waals surface area contributed by atoms with Gasteiger partial charge in [-0.3, -0.25) is 14.6 Å². The highest BCUT2D eigenvalue weighted by atomic mass is 28.3. The number of rotatable bonds is 10. The van der Waals surface area contributed by atoms with Crippen molar-refractivity contribution in [3.63, 3.8) is 0 Å². The van der Waals surface area contributed by atoms with Crippen molar-refractivity contribution < 1.29 is 37.4 Å². The van der Waals surface area contributed by atoms with Crippen molar-refractivity contribution in [2.45, 2.75) is 83.3 Å². The van der Waals surface area contributed by atoms with Crippen molar-refractivity contribution in [2.75, 3.05) is 26.9 Å². The highest BCUT2D eigenvalue weighted by Crippen LogP contribution is 2.42. The lowest BCUT2D eigenvalue weighted by atomic mass is 10.0. The predicted molar refractivity (Wildman–Crippen MR) is 224 cm³/mol. The molecule has 2 aliphatic heterocycles. The van der Waals surface area contributed by atoms with Crippen LogP contribution in [0.5, 0.6) is 0 Å². The number of carbonyl (C=O) groups excluding carboxylic acids is 4. The van der Waals surface area contributed by atoms with E-state index in [2.05, 4.69) is 38.4 Å². The molecule has 2 aliphatic rings. The molecule has 0 aliphatic carbocycles. The molecule has 15 nitrogen and oxygen atoms in total. The number of halogens is 2. The van der Waals surface area contributed by atoms with Crippen LogP contribution >= 0.6 is 0 Å². The molecule has 0 saturated carbocycles. The molecule has 0 unspecified atom stereocenters. The first-order valence-electron chi connectivity index (χ1n) is 20.0. The molecule has 7 rings (SSSR count). The summed E-state index contributed by atoms with van der Waals surface area (Å²) in [6, 6.07) is 11.2. The van der Waals surface area contributed by atoms with Crippen LogP contribution in [0.15, 0.2) is 54.9 Å². The Hall–Kier alpha value is -5.91. The fraction of sp³-hybridized carbons (Fsp3) is 0.452. The molecule has 4 amide bonds. The topological polar surface area (TPSA) is 188 Å². The van der Waals surface area contributed by atoms with Crippen LogP contribution in [0.25, 0.3) is 44.3 Å². The van der Waals surface area contributed by atoms with Crippen LogP contribution in [0.3, 0.4) is 0 Å². The summed E-state index contributed by atoms with van der Waals surface area (Å²) in [6.45, 7) is 10.9. The second-order valence-corrected chi connectivity index (χ2v) is 22.3. The molecular formula is C42H51F2N9O6Si. The third-order valence-electron chi connectivity index (χ3n) is 11.4. The summed E-state index contributed by atoms with van der Waals surface area (Å²) in [7, 11) is 0.657. The van der Waals surface area contributed by atoms with Crippen molar-refractivity contribution in [3.8, 4) is 22.5 Å². The maximum atomic E-state index is 15.0. The number of amides is 4. The molecule has 5 aromatic rings. The van der Waals surface area contributed by atoms with Gasteiger partial charge in [0.15, 0.2) is 0 Å². The average Bonchev–Trinajstić information content (AvgIpc) is 4.01. The monoisotopic (exact) mass is 843 g/mol. The van der Waals surface area contributed by atoms with E-state index >= 15 is 0 Å². The summed E-state index contributed by atoms with van der Waals surface area (Å²) >= 11 is 0. The summed E-state index contributed by atoms with van der Waals surface area (Å²) < 4.78 is 39.4. The van der Waals surface area contributed by atoms with E-state index in [1.807, 2.05) is 61.2 Å². The Labute approximate surface area is 347 Å². The average molecular weight is 844 g/mol. The van der Waals surface area contributed by atoms with E-state index in [-0.39, 0.29) is 29.6 Å². The third-order valence-corrected chi connectivity index (χ3v) is 14.1. The number of aromatic amines is 2. The highest BCUT2D eigenvalue weighted by Gasteiger charge is 2.50. The smallest absolute Gasteiger partial charge is 0.407 e. The van der Waals surface area contributed by atoms with Crippen LogP contribution in [0, 0.1) is 11.8 Å². The molecule has 18 heteroatoms. The second-order valence-electron chi connectivity index (χ2n) is 17.2. The fourth-order valence-electron chi connectivity index (χ4n) is 8.31. The van der Waals surface area contributed by atoms with Crippen molar-refractivity contribution in [1.29, 1.82) is 0 Å². The zero-order chi connectivity index (χ0) is 43.3. The van der Waals surface area contributed by atoms with Gasteiger partial charge in [-0.15, -0.1) is 0 Å². The minimum atomic E-state index is -3.15. The van der Waals surface area contributed by atoms with Crippen LogP contribution < -0.4 is 10.6 Å². The normalized spacial score (nSPS) is 19.5. The fourth-order valence-corrected chi connectivity index (χ4v) is 11.2. The lowest BCUT2D eigenvalue weighted by Crippen LogP contribution is -2.52. The molecule has 2 aromatic carbocycles. The number of hydrogen-bond donors (Lipinski definition) is 4. The van der Waals surface area contributed by atoms with Gasteiger partial charge in [0.05, 0.1) is 69.5 Å². The van der Waals surface area contributed by atoms with Gasteiger partial charge in [0.25, 0.3) is 5.92 Å². The van der Waals surface area contributed by atoms with Gasteiger partial charge in [-0.05, 0) is 47.5 Å². The number of benzene rings is 2. The number of likely N-dealkylation sites (tertiary alicyclic amines) is 1. The zero-order valence-electron chi connectivity index (χ0n) is 34.9. The van der Waals surface area contributed by atoms with Gasteiger partial charge < -0.3 is 39.9 Å². The number of aromatic nitrogens is 5. The molecule has 0 bridgehead atoms. The number of H-pyrrole nitrogens is 2. The van der Waals surface area contributed by atoms with Crippen molar-refractivity contribution in [2.24, 2.45) is 11.8 Å². The number of carbonyl (C=O) groups is 4. The molecule has 0 radical (unpaired) electrons. The first-order chi connectivity index (χ1) is 28.4. The molecule has 4 N–H and O–H groups in total. The number of ether oxygens (including phenoxy) is 2. The van der Waals surface area contributed by atoms with E-state index in [9.17, 15) is 28.0 Å². The van der Waals surface area contributed by atoms with E-state index in [0.29, 0.717) is 23.0 Å². The largest absolute Gasteiger partial charge is 0.453 e. The van der Waals surface area contributed by atoms with E-state index in [0.717, 1.165) is 44.2 Å². The Morgan fingerprint density at radius 2 is 1.47 bits per heavy atom. The number of hydrogen-bond acceptors (Lipinski definition) is 9. The van der Waals surface area contributed by atoms with Gasteiger partial charge in [-0.25, -0.2) is 28.3 Å². The Bertz CT molecular complexity index is 2440. The number of alkyl halides is 2. The SMILES string of the molecule is COC(=O)N[C@H](C(=O)N1C[Si](C)(C)C[C@H]1c1ncc(-c2ccc(-c3ccc4c(ccc5[nH]c([C@@H]6CC(F)(F)CN6C(=O)[C@@H](NC(=O)OC)C(C)C)nc54)c3)nc2)[nH]1)C(C)C. The van der Waals surface area contributed by atoms with Crippen molar-refractivity contribution in [3.05, 3.63) is 66.5 Å². The lowest BCUT2D eigenvalue weighted by molar-refractivity contribution is -0.137. The maximum Gasteiger partial charge on any atom is 0.407 e. The van der Waals surface area contributed by atoms with Gasteiger partial charge in [0, 0.05) is 35.3 Å². The molecule has 3 aromatic heterocycles. The Morgan fingerprint density at radius 3 is 2.08 bits per heavy atom. The summed E-state index contributed by atoms with van der Waals surface area (Å²) in [4.78, 5) is 75.4. The summed E-state index contributed by atoms with van der Waals surface area (Å²) in [6.07, 6.45) is 2.07. The Morgan fingerprint density at radius 1 is 0.817 bits per heavy atom. The first kappa shape index (κ1) is 42.2. The number of alkyl carbamates (subject to hydrolysis) is 2. The van der Waals surface area contributed by atoms with Crippen LogP contribution in [0.1, 0.15) is 57.8 Å². The molecule has 0 spiro atoms. The Kier molecular flexibility index (Phi) is 11.4. The van der Waals surface area contributed by atoms with Crippen LogP contribution in [0.2, 0.25) is 19.1 Å². The van der Waals surface area contributed by atoms with Crippen LogP contribution in [0.4, 0.5) is 18.4 Å². The number of fused-ring (bicyclic) bond motifs is 3. The quantitative estimate of drug-likeness (QED) is 0.108. The van der Waals surface area contributed by atoms with Crippen LogP contribution in [-0.4, -0.2) is 112 Å². The number of pyridine rings is 1. The van der Waals surface area contributed by atoms with Crippen molar-refractivity contribution in [1.82, 2.24) is 45.4 Å². The first-order valence-corrected chi connectivity index (χ1v) is 23.4. The number of nitrogens with one attached hydrogen (secondary N) is 4.